The van der Waals surface area contributed by atoms with Crippen molar-refractivity contribution in [2.75, 3.05) is 25.7 Å². The first kappa shape index (κ1) is 43.0. The van der Waals surface area contributed by atoms with Gasteiger partial charge in [0, 0.05) is 48.6 Å². The molecule has 12 heteroatoms. The molecule has 1 aliphatic heterocycles. The minimum Gasteiger partial charge on any atom is -0.490 e. The number of halogens is 1. The third-order valence-electron chi connectivity index (χ3n) is 7.02. The minimum atomic E-state index is -0.779. The van der Waals surface area contributed by atoms with E-state index < -0.39 is 23.3 Å². The van der Waals surface area contributed by atoms with Gasteiger partial charge in [0.2, 0.25) is 11.8 Å². The quantitative estimate of drug-likeness (QED) is 0.0277. The maximum absolute atomic E-state index is 13.1. The van der Waals surface area contributed by atoms with Gasteiger partial charge in [-0.1, -0.05) is 103 Å². The van der Waals surface area contributed by atoms with Crippen LogP contribution >= 0.6 is 33.2 Å². The molecule has 48 heavy (non-hydrogen) atoms. The lowest BCUT2D eigenvalue weighted by molar-refractivity contribution is -0.151. The second kappa shape index (κ2) is 23.4. The van der Waals surface area contributed by atoms with Gasteiger partial charge in [-0.2, -0.15) is 0 Å². The number of hydrogen-bond acceptors (Lipinski definition) is 9. The summed E-state index contributed by atoms with van der Waals surface area (Å²) >= 11 is 6.05. The molecule has 0 aromatic carbocycles. The van der Waals surface area contributed by atoms with Crippen LogP contribution in [0.3, 0.4) is 0 Å². The lowest BCUT2D eigenvalue weighted by atomic mass is 9.86. The fourth-order valence-electron chi connectivity index (χ4n) is 4.45. The Balaban J connectivity index is 2.70. The van der Waals surface area contributed by atoms with Crippen molar-refractivity contribution in [1.29, 1.82) is 0 Å². The van der Waals surface area contributed by atoms with E-state index in [1.54, 1.807) is 35.2 Å². The van der Waals surface area contributed by atoms with Crippen LogP contribution < -0.4 is 16.0 Å². The average molecular weight is 724 g/mol. The molecule has 0 saturated carbocycles. The molecule has 9 nitrogen and oxygen atoms in total. The molecule has 4 atom stereocenters. The predicted molar refractivity (Wildman–Crippen MR) is 201 cm³/mol. The van der Waals surface area contributed by atoms with Crippen LogP contribution in [0, 0.1) is 11.3 Å². The van der Waals surface area contributed by atoms with E-state index in [-0.39, 0.29) is 29.8 Å². The Morgan fingerprint density at radius 3 is 2.54 bits per heavy atom. The summed E-state index contributed by atoms with van der Waals surface area (Å²) in [5.74, 6) is 0.581. The molecule has 0 saturated heterocycles. The first-order valence-electron chi connectivity index (χ1n) is 16.0. The molecule has 2 unspecified atom stereocenters. The summed E-state index contributed by atoms with van der Waals surface area (Å²) in [5, 5.41) is 9.49. The van der Waals surface area contributed by atoms with Crippen LogP contribution in [0.1, 0.15) is 67.2 Å². The molecule has 2 amide bonds. The number of methoxy groups -OCH3 is 1. The molecule has 0 aliphatic carbocycles. The summed E-state index contributed by atoms with van der Waals surface area (Å²) in [6.07, 6.45) is 19.9. The molecule has 0 fully saturated rings. The smallest absolute Gasteiger partial charge is 0.373 e. The highest BCUT2D eigenvalue weighted by Gasteiger charge is 2.32. The highest BCUT2D eigenvalue weighted by atomic mass is 35.5. The van der Waals surface area contributed by atoms with Crippen LogP contribution in [-0.2, 0) is 28.6 Å². The zero-order chi connectivity index (χ0) is 36.1. The Morgan fingerprint density at radius 1 is 1.21 bits per heavy atom. The third-order valence-corrected chi connectivity index (χ3v) is 9.07. The number of cyclic esters (lactones) is 1. The normalized spacial score (nSPS) is 17.9. The van der Waals surface area contributed by atoms with Crippen molar-refractivity contribution in [3.8, 4) is 0 Å². The Kier molecular flexibility index (Phi) is 20.9. The molecular weight excluding hydrogens is 670 g/mol. The van der Waals surface area contributed by atoms with Gasteiger partial charge >= 0.3 is 5.97 Å². The predicted octanol–water partition coefficient (Wildman–Crippen LogP) is 7.46. The average Bonchev–Trinajstić information content (AvgIpc) is 3.01. The Morgan fingerprint density at radius 2 is 1.92 bits per heavy atom. The first-order chi connectivity index (χ1) is 22.7. The lowest BCUT2D eigenvalue weighted by Crippen LogP contribution is -2.52. The van der Waals surface area contributed by atoms with Gasteiger partial charge in [0.05, 0.1) is 7.11 Å². The van der Waals surface area contributed by atoms with Crippen molar-refractivity contribution in [3.63, 3.8) is 0 Å². The molecule has 1 heterocycles. The maximum Gasteiger partial charge on any atom is 0.373 e. The zero-order valence-corrected chi connectivity index (χ0v) is 32.0. The van der Waals surface area contributed by atoms with Crippen molar-refractivity contribution >= 4 is 51.0 Å². The minimum absolute atomic E-state index is 0.00834. The Bertz CT molecular complexity index is 1250. The molecule has 0 aromatic rings. The van der Waals surface area contributed by atoms with Crippen LogP contribution in [-0.4, -0.2) is 61.7 Å². The molecule has 3 N–H and O–H groups in total. The van der Waals surface area contributed by atoms with E-state index >= 15 is 0 Å². The molecule has 0 aromatic heterocycles. The number of rotatable bonds is 21. The number of ether oxygens (including phenoxy) is 3. The van der Waals surface area contributed by atoms with Gasteiger partial charge in [0.1, 0.15) is 18.2 Å². The summed E-state index contributed by atoms with van der Waals surface area (Å²) in [6, 6.07) is -0.779. The van der Waals surface area contributed by atoms with Gasteiger partial charge in [0.15, 0.2) is 11.6 Å². The number of esters is 1. The van der Waals surface area contributed by atoms with Crippen molar-refractivity contribution in [2.24, 2.45) is 11.3 Å². The Labute approximate surface area is 300 Å². The van der Waals surface area contributed by atoms with Gasteiger partial charge < -0.3 is 30.2 Å². The number of nitrogens with one attached hydrogen (secondary N) is 3. The molecule has 1 aliphatic rings. The van der Waals surface area contributed by atoms with E-state index in [1.165, 1.54) is 13.2 Å². The second-order valence-electron chi connectivity index (χ2n) is 12.4. The fraction of sp³-hybridized carbons (Fsp3) is 0.528. The van der Waals surface area contributed by atoms with Crippen LogP contribution in [0.5, 0.6) is 0 Å². The van der Waals surface area contributed by atoms with Gasteiger partial charge in [0.25, 0.3) is 0 Å². The SMILES string of the molecule is C=C(NCCCSSC)OC(C/C=C\NC(=O)[C@@H](NC(=O)\C=C/C=C\C(C)=C\[C@H](C)C1CC=C(OC)C(=O)O1)C(C)(C)C)C/C=C(\C)Cl. The summed E-state index contributed by atoms with van der Waals surface area (Å²) in [6.45, 7) is 16.1. The molecule has 0 radical (unpaired) electrons. The van der Waals surface area contributed by atoms with Gasteiger partial charge in [-0.15, -0.1) is 0 Å². The first-order valence-corrected chi connectivity index (χ1v) is 19.1. The summed E-state index contributed by atoms with van der Waals surface area (Å²) in [7, 11) is 5.00. The van der Waals surface area contributed by atoms with E-state index in [4.69, 9.17) is 25.8 Å². The standard InChI is InChI=1S/C36H54ClN3O6S2/c1-25(24-26(2)30-19-20-31(44-8)35(43)46-30)14-10-11-16-32(41)40-33(36(5,6)7)34(42)39-21-12-15-29(18-17-27(3)37)45-28(4)38-22-13-23-48-47-9/h10-12,14,16-17,20-21,24,26,29-30,33,38H,4,13,15,18-19,22-23H2,1-3,5-9H3,(H,39,42)(H,40,41)/b14-10-,16-11-,21-12-,25-24+,27-17+/t26-,29?,30?,33+/m0/s1. The lowest BCUT2D eigenvalue weighted by Gasteiger charge is -2.29. The van der Waals surface area contributed by atoms with E-state index in [0.717, 1.165) is 24.3 Å². The summed E-state index contributed by atoms with van der Waals surface area (Å²) in [4.78, 5) is 37.8. The summed E-state index contributed by atoms with van der Waals surface area (Å²) in [5.41, 5.74) is 0.410. The third kappa shape index (κ3) is 18.5. The zero-order valence-electron chi connectivity index (χ0n) is 29.6. The molecular formula is C36H54ClN3O6S2. The fourth-order valence-corrected chi connectivity index (χ4v) is 5.82. The highest BCUT2D eigenvalue weighted by molar-refractivity contribution is 8.76. The number of carbonyl (C=O) groups excluding carboxylic acids is 3. The number of allylic oxidation sites excluding steroid dienone is 5. The Hall–Kier alpha value is -3.02. The van der Waals surface area contributed by atoms with Crippen LogP contribution in [0.15, 0.2) is 83.6 Å². The molecule has 0 spiro atoms. The molecule has 268 valence electrons. The highest BCUT2D eigenvalue weighted by Crippen LogP contribution is 2.23. The van der Waals surface area contributed by atoms with Crippen LogP contribution in [0.25, 0.3) is 0 Å². The summed E-state index contributed by atoms with van der Waals surface area (Å²) < 4.78 is 16.5. The number of amides is 2. The largest absolute Gasteiger partial charge is 0.490 e. The van der Waals surface area contributed by atoms with Crippen molar-refractivity contribution in [2.45, 2.75) is 85.5 Å². The van der Waals surface area contributed by atoms with E-state index in [2.05, 4.69) is 28.8 Å². The maximum atomic E-state index is 13.1. The van der Waals surface area contributed by atoms with Crippen LogP contribution in [0.4, 0.5) is 0 Å². The molecule has 0 bridgehead atoms. The van der Waals surface area contributed by atoms with Crippen molar-refractivity contribution in [3.05, 3.63) is 83.6 Å². The van der Waals surface area contributed by atoms with Crippen LogP contribution in [0.2, 0.25) is 0 Å². The van der Waals surface area contributed by atoms with Gasteiger partial charge in [-0.3, -0.25) is 9.59 Å². The topological polar surface area (TPSA) is 115 Å². The monoisotopic (exact) mass is 723 g/mol. The second-order valence-corrected chi connectivity index (χ2v) is 15.6. The number of carbonyl (C=O) groups is 3. The van der Waals surface area contributed by atoms with E-state index in [0.29, 0.717) is 30.2 Å². The number of hydrogen-bond donors (Lipinski definition) is 3. The van der Waals surface area contributed by atoms with Crippen molar-refractivity contribution < 1.29 is 28.6 Å². The van der Waals surface area contributed by atoms with Crippen molar-refractivity contribution in [1.82, 2.24) is 16.0 Å². The van der Waals surface area contributed by atoms with E-state index in [1.807, 2.05) is 76.6 Å². The molecule has 1 rings (SSSR count). The van der Waals surface area contributed by atoms with Gasteiger partial charge in [-0.05, 0) is 50.8 Å². The van der Waals surface area contributed by atoms with E-state index in [9.17, 15) is 14.4 Å². The van der Waals surface area contributed by atoms with Gasteiger partial charge in [-0.25, -0.2) is 4.79 Å².